The minimum Gasteiger partial charge on any atom is -0.379 e. The Morgan fingerprint density at radius 1 is 1.12 bits per heavy atom. The molecule has 1 aromatic carbocycles. The second-order valence-corrected chi connectivity index (χ2v) is 8.48. The van der Waals surface area contributed by atoms with E-state index in [1.807, 2.05) is 23.1 Å². The van der Waals surface area contributed by atoms with Crippen LogP contribution in [0.2, 0.25) is 0 Å². The molecule has 0 bridgehead atoms. The average Bonchev–Trinajstić information content (AvgIpc) is 3.29. The molecule has 8 heteroatoms. The van der Waals surface area contributed by atoms with Gasteiger partial charge in [0.2, 0.25) is 0 Å². The summed E-state index contributed by atoms with van der Waals surface area (Å²) in [6.45, 7) is 13.5. The smallest absolute Gasteiger partial charge is 0.191 e. The Morgan fingerprint density at radius 2 is 1.88 bits per heavy atom. The SMILES string of the molecule is CCNC(=NCc1ccccc1Cn1cccn1)NCC(CC(C)C)N1CCOCC1.I. The zero-order valence-electron chi connectivity index (χ0n) is 19.7. The fraction of sp³-hybridized carbons (Fsp3) is 0.583. The first-order valence-corrected chi connectivity index (χ1v) is 11.5. The number of nitrogens with one attached hydrogen (secondary N) is 2. The molecule has 0 saturated carbocycles. The lowest BCUT2D eigenvalue weighted by Crippen LogP contribution is -2.51. The van der Waals surface area contributed by atoms with Crippen LogP contribution in [-0.4, -0.2) is 66.1 Å². The quantitative estimate of drug-likeness (QED) is 0.268. The molecule has 2 N–H and O–H groups in total. The van der Waals surface area contributed by atoms with E-state index in [0.717, 1.165) is 51.9 Å². The third-order valence-corrected chi connectivity index (χ3v) is 5.57. The Morgan fingerprint density at radius 3 is 2.53 bits per heavy atom. The molecule has 1 aliphatic heterocycles. The van der Waals surface area contributed by atoms with Crippen molar-refractivity contribution in [2.75, 3.05) is 39.4 Å². The van der Waals surface area contributed by atoms with Crippen molar-refractivity contribution in [3.63, 3.8) is 0 Å². The molecule has 0 amide bonds. The molecule has 0 radical (unpaired) electrons. The number of benzene rings is 1. The summed E-state index contributed by atoms with van der Waals surface area (Å²) in [4.78, 5) is 7.45. The second-order valence-electron chi connectivity index (χ2n) is 8.48. The number of hydrogen-bond acceptors (Lipinski definition) is 4. The van der Waals surface area contributed by atoms with Gasteiger partial charge in [0.25, 0.3) is 0 Å². The van der Waals surface area contributed by atoms with Gasteiger partial charge in [-0.15, -0.1) is 24.0 Å². The Kier molecular flexibility index (Phi) is 12.0. The first-order chi connectivity index (χ1) is 15.2. The van der Waals surface area contributed by atoms with Gasteiger partial charge >= 0.3 is 0 Å². The van der Waals surface area contributed by atoms with Crippen molar-refractivity contribution >= 4 is 29.9 Å². The van der Waals surface area contributed by atoms with Gasteiger partial charge in [0.15, 0.2) is 5.96 Å². The third kappa shape index (κ3) is 8.71. The van der Waals surface area contributed by atoms with Crippen molar-refractivity contribution in [2.24, 2.45) is 10.9 Å². The van der Waals surface area contributed by atoms with E-state index in [1.54, 1.807) is 0 Å². The van der Waals surface area contributed by atoms with Crippen LogP contribution in [0.25, 0.3) is 0 Å². The molecule has 2 heterocycles. The van der Waals surface area contributed by atoms with Gasteiger partial charge in [0.1, 0.15) is 0 Å². The van der Waals surface area contributed by atoms with Crippen molar-refractivity contribution in [1.82, 2.24) is 25.3 Å². The predicted molar refractivity (Wildman–Crippen MR) is 142 cm³/mol. The number of nitrogens with zero attached hydrogens (tertiary/aromatic N) is 4. The Hall–Kier alpha value is -1.65. The summed E-state index contributed by atoms with van der Waals surface area (Å²) in [6.07, 6.45) is 4.97. The molecular formula is C24H39IN6O. The van der Waals surface area contributed by atoms with Gasteiger partial charge in [-0.25, -0.2) is 4.99 Å². The monoisotopic (exact) mass is 554 g/mol. The van der Waals surface area contributed by atoms with Crippen LogP contribution in [0.3, 0.4) is 0 Å². The summed E-state index contributed by atoms with van der Waals surface area (Å²) in [5.74, 6) is 1.53. The van der Waals surface area contributed by atoms with Gasteiger partial charge in [-0.3, -0.25) is 9.58 Å². The molecule has 3 rings (SSSR count). The van der Waals surface area contributed by atoms with E-state index in [4.69, 9.17) is 9.73 Å². The number of hydrogen-bond donors (Lipinski definition) is 2. The van der Waals surface area contributed by atoms with Gasteiger partial charge in [-0.05, 0) is 36.5 Å². The normalized spacial score (nSPS) is 15.9. The van der Waals surface area contributed by atoms with Crippen molar-refractivity contribution in [1.29, 1.82) is 0 Å². The summed E-state index contributed by atoms with van der Waals surface area (Å²) in [7, 11) is 0. The predicted octanol–water partition coefficient (Wildman–Crippen LogP) is 3.35. The Balaban J connectivity index is 0.00000363. The first-order valence-electron chi connectivity index (χ1n) is 11.5. The van der Waals surface area contributed by atoms with E-state index in [9.17, 15) is 0 Å². The standard InChI is InChI=1S/C24H38N6O.HI/c1-4-25-24(27-18-23(16-20(2)3)29-12-14-31-15-13-29)26-17-21-8-5-6-9-22(21)19-30-11-7-10-28-30;/h5-11,20,23H,4,12-19H2,1-3H3,(H2,25,26,27);1H. The topological polar surface area (TPSA) is 66.7 Å². The van der Waals surface area contributed by atoms with E-state index >= 15 is 0 Å². The van der Waals surface area contributed by atoms with Crippen LogP contribution >= 0.6 is 24.0 Å². The van der Waals surface area contributed by atoms with Crippen LogP contribution in [0, 0.1) is 5.92 Å². The molecule has 1 aliphatic rings. The maximum absolute atomic E-state index is 5.55. The molecule has 32 heavy (non-hydrogen) atoms. The summed E-state index contributed by atoms with van der Waals surface area (Å²) in [5.41, 5.74) is 2.47. The maximum atomic E-state index is 5.55. The summed E-state index contributed by atoms with van der Waals surface area (Å²) in [5, 5.41) is 11.3. The molecule has 1 saturated heterocycles. The molecule has 1 aromatic heterocycles. The lowest BCUT2D eigenvalue weighted by Gasteiger charge is -2.35. The number of guanidine groups is 1. The molecule has 2 aromatic rings. The molecule has 1 atom stereocenters. The zero-order valence-corrected chi connectivity index (χ0v) is 22.0. The highest BCUT2D eigenvalue weighted by atomic mass is 127. The maximum Gasteiger partial charge on any atom is 0.191 e. The largest absolute Gasteiger partial charge is 0.379 e. The highest BCUT2D eigenvalue weighted by Gasteiger charge is 2.22. The van der Waals surface area contributed by atoms with E-state index in [-0.39, 0.29) is 24.0 Å². The molecule has 7 nitrogen and oxygen atoms in total. The minimum atomic E-state index is 0. The number of rotatable bonds is 10. The lowest BCUT2D eigenvalue weighted by molar-refractivity contribution is 0.0132. The number of aromatic nitrogens is 2. The van der Waals surface area contributed by atoms with Gasteiger partial charge in [0.05, 0.1) is 26.3 Å². The van der Waals surface area contributed by atoms with Crippen LogP contribution in [0.15, 0.2) is 47.7 Å². The Bertz CT molecular complexity index is 790. The average molecular weight is 555 g/mol. The van der Waals surface area contributed by atoms with Crippen LogP contribution < -0.4 is 10.6 Å². The second kappa shape index (κ2) is 14.5. The van der Waals surface area contributed by atoms with Crippen LogP contribution in [-0.2, 0) is 17.8 Å². The minimum absolute atomic E-state index is 0. The number of halogens is 1. The van der Waals surface area contributed by atoms with Crippen LogP contribution in [0.1, 0.15) is 38.3 Å². The van der Waals surface area contributed by atoms with E-state index in [2.05, 4.69) is 65.7 Å². The van der Waals surface area contributed by atoms with Gasteiger partial charge in [0, 0.05) is 44.6 Å². The third-order valence-electron chi connectivity index (χ3n) is 5.57. The van der Waals surface area contributed by atoms with Crippen molar-refractivity contribution < 1.29 is 4.74 Å². The van der Waals surface area contributed by atoms with E-state index in [1.165, 1.54) is 17.5 Å². The van der Waals surface area contributed by atoms with E-state index in [0.29, 0.717) is 18.5 Å². The van der Waals surface area contributed by atoms with E-state index < -0.39 is 0 Å². The van der Waals surface area contributed by atoms with Gasteiger partial charge in [-0.1, -0.05) is 38.1 Å². The first kappa shape index (κ1) is 26.6. The number of ether oxygens (including phenoxy) is 1. The van der Waals surface area contributed by atoms with Crippen molar-refractivity contribution in [3.8, 4) is 0 Å². The van der Waals surface area contributed by atoms with Crippen LogP contribution in [0.4, 0.5) is 0 Å². The van der Waals surface area contributed by atoms with Gasteiger partial charge in [-0.2, -0.15) is 5.10 Å². The molecule has 1 fully saturated rings. The van der Waals surface area contributed by atoms with Crippen molar-refractivity contribution in [2.45, 2.75) is 46.3 Å². The van der Waals surface area contributed by atoms with Gasteiger partial charge < -0.3 is 15.4 Å². The molecular weight excluding hydrogens is 515 g/mol. The fourth-order valence-corrected chi connectivity index (χ4v) is 4.00. The number of aliphatic imine (C=N–C) groups is 1. The molecule has 0 aliphatic carbocycles. The highest BCUT2D eigenvalue weighted by molar-refractivity contribution is 14.0. The molecule has 0 spiro atoms. The molecule has 1 unspecified atom stereocenters. The fourth-order valence-electron chi connectivity index (χ4n) is 4.00. The van der Waals surface area contributed by atoms with Crippen molar-refractivity contribution in [3.05, 3.63) is 53.9 Å². The zero-order chi connectivity index (χ0) is 21.9. The number of morpholine rings is 1. The lowest BCUT2D eigenvalue weighted by atomic mass is 10.0. The Labute approximate surface area is 210 Å². The molecule has 178 valence electrons. The highest BCUT2D eigenvalue weighted by Crippen LogP contribution is 2.14. The summed E-state index contributed by atoms with van der Waals surface area (Å²) < 4.78 is 7.50. The summed E-state index contributed by atoms with van der Waals surface area (Å²) >= 11 is 0. The summed E-state index contributed by atoms with van der Waals surface area (Å²) in [6, 6.07) is 10.9. The van der Waals surface area contributed by atoms with Crippen LogP contribution in [0.5, 0.6) is 0 Å².